The van der Waals surface area contributed by atoms with Gasteiger partial charge < -0.3 is 10.1 Å². The SMILES string of the molecule is CC1CC(=O)NN=C1c1ccc2nc(-c3ccc(O)cc3)[nH]c2c1.Cl. The number of imidazole rings is 1. The molecule has 1 unspecified atom stereocenters. The number of aromatic hydroxyl groups is 1. The lowest BCUT2D eigenvalue weighted by molar-refractivity contribution is -0.121. The third-order valence-electron chi connectivity index (χ3n) is 4.18. The van der Waals surface area contributed by atoms with Crippen LogP contribution in [0.3, 0.4) is 0 Å². The van der Waals surface area contributed by atoms with Gasteiger partial charge in [-0.05, 0) is 36.4 Å². The molecule has 2 heterocycles. The number of phenolic OH excluding ortho intramolecular Hbond substituents is 1. The number of aromatic amines is 1. The van der Waals surface area contributed by atoms with Crippen molar-refractivity contribution in [2.24, 2.45) is 11.0 Å². The molecule has 3 aromatic rings. The lowest BCUT2D eigenvalue weighted by Crippen LogP contribution is -2.31. The summed E-state index contributed by atoms with van der Waals surface area (Å²) < 4.78 is 0. The molecule has 1 aromatic heterocycles. The molecule has 128 valence electrons. The fraction of sp³-hybridized carbons (Fsp3) is 0.167. The molecule has 0 fully saturated rings. The second-order valence-corrected chi connectivity index (χ2v) is 6.00. The van der Waals surface area contributed by atoms with E-state index in [0.29, 0.717) is 6.42 Å². The van der Waals surface area contributed by atoms with Crippen LogP contribution < -0.4 is 5.43 Å². The molecular formula is C18H17ClN4O2. The number of H-pyrrole nitrogens is 1. The Morgan fingerprint density at radius 1 is 1.12 bits per heavy atom. The van der Waals surface area contributed by atoms with Crippen LogP contribution in [0.5, 0.6) is 5.75 Å². The standard InChI is InChI=1S/C18H16N4O2.ClH/c1-10-8-16(24)21-22-17(10)12-4-7-14-15(9-12)20-18(19-14)11-2-5-13(23)6-3-11;/h2-7,9-10,23H,8H2,1H3,(H,19,20)(H,21,24);1H. The topological polar surface area (TPSA) is 90.4 Å². The normalized spacial score (nSPS) is 16.9. The van der Waals surface area contributed by atoms with Gasteiger partial charge >= 0.3 is 0 Å². The summed E-state index contributed by atoms with van der Waals surface area (Å²) in [6.45, 7) is 2.00. The zero-order valence-electron chi connectivity index (χ0n) is 13.5. The molecule has 0 bridgehead atoms. The first-order chi connectivity index (χ1) is 11.6. The van der Waals surface area contributed by atoms with Crippen molar-refractivity contribution >= 4 is 35.1 Å². The van der Waals surface area contributed by atoms with Gasteiger partial charge in [0.1, 0.15) is 11.6 Å². The van der Waals surface area contributed by atoms with Crippen molar-refractivity contribution in [3.8, 4) is 17.1 Å². The van der Waals surface area contributed by atoms with Crippen molar-refractivity contribution in [1.82, 2.24) is 15.4 Å². The highest BCUT2D eigenvalue weighted by molar-refractivity contribution is 6.07. The summed E-state index contributed by atoms with van der Waals surface area (Å²) in [5.74, 6) is 0.997. The Balaban J connectivity index is 0.00000182. The number of hydrogen-bond acceptors (Lipinski definition) is 4. The minimum absolute atomic E-state index is 0. The summed E-state index contributed by atoms with van der Waals surface area (Å²) in [7, 11) is 0. The number of fused-ring (bicyclic) bond motifs is 1. The van der Waals surface area contributed by atoms with Crippen LogP contribution in [0, 0.1) is 5.92 Å². The first-order valence-corrected chi connectivity index (χ1v) is 7.76. The second kappa shape index (κ2) is 6.57. The lowest BCUT2D eigenvalue weighted by atomic mass is 9.94. The molecule has 1 atom stereocenters. The maximum Gasteiger partial charge on any atom is 0.240 e. The highest BCUT2D eigenvalue weighted by atomic mass is 35.5. The average Bonchev–Trinajstić information content (AvgIpc) is 2.98. The number of rotatable bonds is 2. The van der Waals surface area contributed by atoms with Gasteiger partial charge in [-0.2, -0.15) is 5.10 Å². The van der Waals surface area contributed by atoms with E-state index in [1.54, 1.807) is 12.1 Å². The van der Waals surface area contributed by atoms with Gasteiger partial charge in [-0.1, -0.05) is 13.0 Å². The van der Waals surface area contributed by atoms with Gasteiger partial charge in [0.15, 0.2) is 0 Å². The Morgan fingerprint density at radius 3 is 2.56 bits per heavy atom. The number of benzene rings is 2. The van der Waals surface area contributed by atoms with E-state index in [9.17, 15) is 9.90 Å². The van der Waals surface area contributed by atoms with E-state index in [1.165, 1.54) is 0 Å². The molecule has 6 nitrogen and oxygen atoms in total. The molecule has 1 aliphatic heterocycles. The molecule has 7 heteroatoms. The van der Waals surface area contributed by atoms with E-state index in [0.717, 1.165) is 33.7 Å². The van der Waals surface area contributed by atoms with Gasteiger partial charge in [-0.25, -0.2) is 10.4 Å². The Bertz CT molecular complexity index is 963. The first kappa shape index (κ1) is 17.0. The van der Waals surface area contributed by atoms with Crippen molar-refractivity contribution in [3.05, 3.63) is 48.0 Å². The smallest absolute Gasteiger partial charge is 0.240 e. The number of phenols is 1. The van der Waals surface area contributed by atoms with Gasteiger partial charge in [0, 0.05) is 23.5 Å². The monoisotopic (exact) mass is 356 g/mol. The average molecular weight is 357 g/mol. The molecular weight excluding hydrogens is 340 g/mol. The van der Waals surface area contributed by atoms with Crippen LogP contribution in [0.4, 0.5) is 0 Å². The molecule has 2 aromatic carbocycles. The van der Waals surface area contributed by atoms with E-state index in [-0.39, 0.29) is 30.0 Å². The van der Waals surface area contributed by atoms with Crippen LogP contribution in [0.2, 0.25) is 0 Å². The van der Waals surface area contributed by atoms with Gasteiger partial charge in [0.25, 0.3) is 0 Å². The Morgan fingerprint density at radius 2 is 1.84 bits per heavy atom. The number of amides is 1. The summed E-state index contributed by atoms with van der Waals surface area (Å²) in [4.78, 5) is 19.3. The molecule has 0 saturated carbocycles. The molecule has 0 saturated heterocycles. The minimum Gasteiger partial charge on any atom is -0.508 e. The van der Waals surface area contributed by atoms with E-state index in [2.05, 4.69) is 20.5 Å². The van der Waals surface area contributed by atoms with Crippen LogP contribution in [-0.2, 0) is 4.79 Å². The first-order valence-electron chi connectivity index (χ1n) is 7.76. The number of carbonyl (C=O) groups excluding carboxylic acids is 1. The van der Waals surface area contributed by atoms with Gasteiger partial charge in [-0.3, -0.25) is 4.79 Å². The summed E-state index contributed by atoms with van der Waals surface area (Å²) >= 11 is 0. The largest absolute Gasteiger partial charge is 0.508 e. The van der Waals surface area contributed by atoms with Gasteiger partial charge in [0.2, 0.25) is 5.91 Å². The molecule has 0 spiro atoms. The molecule has 25 heavy (non-hydrogen) atoms. The maximum absolute atomic E-state index is 11.4. The van der Waals surface area contributed by atoms with Crippen LogP contribution in [-0.4, -0.2) is 26.7 Å². The molecule has 1 aliphatic rings. The molecule has 0 radical (unpaired) electrons. The van der Waals surface area contributed by atoms with E-state index < -0.39 is 0 Å². The highest BCUT2D eigenvalue weighted by Crippen LogP contribution is 2.24. The summed E-state index contributed by atoms with van der Waals surface area (Å²) in [5.41, 5.74) is 7.05. The maximum atomic E-state index is 11.4. The molecule has 1 amide bonds. The van der Waals surface area contributed by atoms with Crippen molar-refractivity contribution < 1.29 is 9.90 Å². The van der Waals surface area contributed by atoms with Crippen molar-refractivity contribution in [1.29, 1.82) is 0 Å². The Labute approximate surface area is 150 Å². The predicted molar refractivity (Wildman–Crippen MR) is 98.9 cm³/mol. The number of carbonyl (C=O) groups is 1. The van der Waals surface area contributed by atoms with E-state index >= 15 is 0 Å². The van der Waals surface area contributed by atoms with Crippen molar-refractivity contribution in [2.75, 3.05) is 0 Å². The van der Waals surface area contributed by atoms with Crippen LogP contribution in [0.15, 0.2) is 47.6 Å². The summed E-state index contributed by atoms with van der Waals surface area (Å²) in [5, 5.41) is 13.6. The summed E-state index contributed by atoms with van der Waals surface area (Å²) in [6, 6.07) is 12.8. The lowest BCUT2D eigenvalue weighted by Gasteiger charge is -2.18. The second-order valence-electron chi connectivity index (χ2n) is 6.00. The molecule has 0 aliphatic carbocycles. The number of hydrogen-bond donors (Lipinski definition) is 3. The number of nitrogens with zero attached hydrogens (tertiary/aromatic N) is 2. The third kappa shape index (κ3) is 3.21. The Kier molecular flexibility index (Phi) is 4.46. The number of aromatic nitrogens is 2. The summed E-state index contributed by atoms with van der Waals surface area (Å²) in [6.07, 6.45) is 0.443. The van der Waals surface area contributed by atoms with E-state index in [1.807, 2.05) is 37.3 Å². The fourth-order valence-electron chi connectivity index (χ4n) is 2.93. The van der Waals surface area contributed by atoms with E-state index in [4.69, 9.17) is 0 Å². The number of hydrazone groups is 1. The quantitative estimate of drug-likeness (QED) is 0.658. The van der Waals surface area contributed by atoms with Crippen molar-refractivity contribution in [2.45, 2.75) is 13.3 Å². The van der Waals surface area contributed by atoms with Gasteiger partial charge in [0.05, 0.1) is 16.7 Å². The highest BCUT2D eigenvalue weighted by Gasteiger charge is 2.22. The zero-order chi connectivity index (χ0) is 16.7. The molecule has 4 rings (SSSR count). The van der Waals surface area contributed by atoms with Gasteiger partial charge in [-0.15, -0.1) is 12.4 Å². The zero-order valence-corrected chi connectivity index (χ0v) is 14.3. The van der Waals surface area contributed by atoms with Crippen LogP contribution in [0.25, 0.3) is 22.4 Å². The van der Waals surface area contributed by atoms with Crippen LogP contribution >= 0.6 is 12.4 Å². The number of nitrogens with one attached hydrogen (secondary N) is 2. The fourth-order valence-corrected chi connectivity index (χ4v) is 2.93. The third-order valence-corrected chi connectivity index (χ3v) is 4.18. The minimum atomic E-state index is -0.0523. The predicted octanol–water partition coefficient (Wildman–Crippen LogP) is 3.22. The number of halogens is 1. The van der Waals surface area contributed by atoms with Crippen LogP contribution in [0.1, 0.15) is 18.9 Å². The Hall–Kier alpha value is -2.86. The molecule has 3 N–H and O–H groups in total. The van der Waals surface area contributed by atoms with Crippen molar-refractivity contribution in [3.63, 3.8) is 0 Å².